The van der Waals surface area contributed by atoms with Crippen molar-refractivity contribution < 1.29 is 4.39 Å². The maximum atomic E-state index is 14.4. The minimum absolute atomic E-state index is 0. The lowest BCUT2D eigenvalue weighted by molar-refractivity contribution is 0.494. The number of nitriles is 1. The molecule has 0 amide bonds. The number of rotatable bonds is 3. The number of para-hydroxylation sites is 2. The van der Waals surface area contributed by atoms with E-state index in [-0.39, 0.29) is 24.3 Å². The van der Waals surface area contributed by atoms with Gasteiger partial charge in [0, 0.05) is 24.7 Å². The van der Waals surface area contributed by atoms with Crippen molar-refractivity contribution in [2.24, 2.45) is 5.73 Å². The van der Waals surface area contributed by atoms with Crippen molar-refractivity contribution in [3.05, 3.63) is 59.4 Å². The first-order valence-corrected chi connectivity index (χ1v) is 8.80. The van der Waals surface area contributed by atoms with Crippen LogP contribution in [0.15, 0.2) is 42.5 Å². The quantitative estimate of drug-likeness (QED) is 0.749. The monoisotopic (exact) mass is 385 g/mol. The second-order valence-corrected chi connectivity index (χ2v) is 6.75. The van der Waals surface area contributed by atoms with E-state index in [1.165, 1.54) is 6.07 Å². The topological polar surface area (TPSA) is 70.9 Å². The number of nitrogens with two attached hydrogens (primary N) is 1. The summed E-state index contributed by atoms with van der Waals surface area (Å²) in [5, 5.41) is 8.94. The van der Waals surface area contributed by atoms with Crippen LogP contribution in [-0.2, 0) is 6.54 Å². The summed E-state index contributed by atoms with van der Waals surface area (Å²) >= 11 is 0. The highest BCUT2D eigenvalue weighted by molar-refractivity contribution is 5.85. The highest BCUT2D eigenvalue weighted by Crippen LogP contribution is 2.26. The van der Waals surface area contributed by atoms with Crippen LogP contribution < -0.4 is 10.6 Å². The summed E-state index contributed by atoms with van der Waals surface area (Å²) < 4.78 is 16.5. The second-order valence-electron chi connectivity index (χ2n) is 6.75. The van der Waals surface area contributed by atoms with Gasteiger partial charge in [0.25, 0.3) is 0 Å². The Kier molecular flexibility index (Phi) is 5.64. The molecule has 1 aromatic heterocycles. The molecule has 5 nitrogen and oxygen atoms in total. The Morgan fingerprint density at radius 1 is 1.26 bits per heavy atom. The molecule has 140 valence electrons. The summed E-state index contributed by atoms with van der Waals surface area (Å²) in [4.78, 5) is 6.98. The number of nitrogens with zero attached hydrogens (tertiary/aromatic N) is 4. The smallest absolute Gasteiger partial charge is 0.206 e. The molecular formula is C20H21ClFN5. The molecule has 1 saturated heterocycles. The summed E-state index contributed by atoms with van der Waals surface area (Å²) in [5.41, 5.74) is 8.85. The van der Waals surface area contributed by atoms with Crippen molar-refractivity contribution in [3.63, 3.8) is 0 Å². The lowest BCUT2D eigenvalue weighted by Gasteiger charge is -2.32. The lowest BCUT2D eigenvalue weighted by Crippen LogP contribution is -2.44. The highest BCUT2D eigenvalue weighted by atomic mass is 35.5. The zero-order valence-corrected chi connectivity index (χ0v) is 15.6. The summed E-state index contributed by atoms with van der Waals surface area (Å²) in [5.74, 6) is 0.452. The Labute approximate surface area is 163 Å². The Balaban J connectivity index is 0.00000210. The molecule has 1 aliphatic rings. The predicted molar refractivity (Wildman–Crippen MR) is 107 cm³/mol. The first kappa shape index (κ1) is 19.2. The minimum atomic E-state index is -0.372. The van der Waals surface area contributed by atoms with E-state index >= 15 is 0 Å². The third-order valence-corrected chi connectivity index (χ3v) is 4.89. The van der Waals surface area contributed by atoms with Gasteiger partial charge in [-0.05, 0) is 37.1 Å². The average molecular weight is 386 g/mol. The van der Waals surface area contributed by atoms with E-state index in [2.05, 4.69) is 4.90 Å². The molecule has 4 rings (SSSR count). The molecule has 27 heavy (non-hydrogen) atoms. The van der Waals surface area contributed by atoms with Crippen molar-refractivity contribution >= 4 is 29.4 Å². The van der Waals surface area contributed by atoms with Crippen molar-refractivity contribution in [1.29, 1.82) is 5.26 Å². The molecule has 0 radical (unpaired) electrons. The zero-order chi connectivity index (χ0) is 18.1. The largest absolute Gasteiger partial charge is 0.341 e. The van der Waals surface area contributed by atoms with Gasteiger partial charge in [0.2, 0.25) is 5.95 Å². The average Bonchev–Trinajstić information content (AvgIpc) is 3.02. The Bertz CT molecular complexity index is 994. The number of anilines is 1. The van der Waals surface area contributed by atoms with Crippen molar-refractivity contribution in [2.45, 2.75) is 25.4 Å². The van der Waals surface area contributed by atoms with Crippen molar-refractivity contribution in [1.82, 2.24) is 9.55 Å². The van der Waals surface area contributed by atoms with Crippen LogP contribution in [0.4, 0.5) is 10.3 Å². The van der Waals surface area contributed by atoms with Gasteiger partial charge < -0.3 is 15.2 Å². The van der Waals surface area contributed by atoms with Gasteiger partial charge >= 0.3 is 0 Å². The van der Waals surface area contributed by atoms with Gasteiger partial charge in [0.15, 0.2) is 0 Å². The summed E-state index contributed by atoms with van der Waals surface area (Å²) in [7, 11) is 0. The number of aromatic nitrogens is 2. The Morgan fingerprint density at radius 2 is 2.07 bits per heavy atom. The fourth-order valence-electron chi connectivity index (χ4n) is 3.57. The van der Waals surface area contributed by atoms with Gasteiger partial charge in [0.1, 0.15) is 5.82 Å². The SMILES string of the molecule is Cl.N#Cc1ccc(Cn2c(N3CCC[C@H](N)C3)nc3ccccc32)c(F)c1. The van der Waals surface area contributed by atoms with E-state index in [1.807, 2.05) is 34.9 Å². The number of fused-ring (bicyclic) bond motifs is 1. The first-order valence-electron chi connectivity index (χ1n) is 8.80. The van der Waals surface area contributed by atoms with Crippen LogP contribution in [0.2, 0.25) is 0 Å². The summed E-state index contributed by atoms with van der Waals surface area (Å²) in [6.45, 7) is 2.01. The standard InChI is InChI=1S/C20H20FN5.ClH/c21-17-10-14(11-22)7-8-15(17)12-26-19-6-2-1-5-18(19)24-20(26)25-9-3-4-16(23)13-25;/h1-2,5-8,10,16H,3-4,9,12-13,23H2;1H/t16-;/m0./s1. The molecule has 1 fully saturated rings. The van der Waals surface area contributed by atoms with Gasteiger partial charge in [-0.3, -0.25) is 0 Å². The van der Waals surface area contributed by atoms with E-state index in [0.29, 0.717) is 17.7 Å². The van der Waals surface area contributed by atoms with Crippen LogP contribution in [-0.4, -0.2) is 28.7 Å². The van der Waals surface area contributed by atoms with Crippen LogP contribution in [0.25, 0.3) is 11.0 Å². The van der Waals surface area contributed by atoms with Gasteiger partial charge in [-0.1, -0.05) is 18.2 Å². The zero-order valence-electron chi connectivity index (χ0n) is 14.8. The number of hydrogen-bond acceptors (Lipinski definition) is 4. The third kappa shape index (κ3) is 3.75. The molecular weight excluding hydrogens is 365 g/mol. The van der Waals surface area contributed by atoms with Gasteiger partial charge in [-0.15, -0.1) is 12.4 Å². The molecule has 0 unspecified atom stereocenters. The number of hydrogen-bond donors (Lipinski definition) is 1. The second kappa shape index (κ2) is 7.95. The van der Waals surface area contributed by atoms with E-state index in [9.17, 15) is 4.39 Å². The molecule has 1 aliphatic heterocycles. The Hall–Kier alpha value is -2.62. The number of imidazole rings is 1. The Morgan fingerprint density at radius 3 is 2.81 bits per heavy atom. The predicted octanol–water partition coefficient (Wildman–Crippen LogP) is 3.44. The fraction of sp³-hybridized carbons (Fsp3) is 0.300. The highest BCUT2D eigenvalue weighted by Gasteiger charge is 2.23. The number of piperidine rings is 1. The molecule has 3 aromatic rings. The summed E-state index contributed by atoms with van der Waals surface area (Å²) in [6, 6.07) is 14.6. The number of halogens is 2. The van der Waals surface area contributed by atoms with Crippen LogP contribution >= 0.6 is 12.4 Å². The lowest BCUT2D eigenvalue weighted by atomic mass is 10.1. The normalized spacial score (nSPS) is 16.8. The van der Waals surface area contributed by atoms with E-state index in [4.69, 9.17) is 16.0 Å². The molecule has 0 saturated carbocycles. The van der Waals surface area contributed by atoms with Crippen molar-refractivity contribution in [2.75, 3.05) is 18.0 Å². The van der Waals surface area contributed by atoms with E-state index in [1.54, 1.807) is 12.1 Å². The van der Waals surface area contributed by atoms with Gasteiger partial charge in [0.05, 0.1) is 29.2 Å². The molecule has 1 atom stereocenters. The van der Waals surface area contributed by atoms with E-state index < -0.39 is 0 Å². The molecule has 2 heterocycles. The van der Waals surface area contributed by atoms with Crippen LogP contribution in [0.1, 0.15) is 24.0 Å². The molecule has 0 aliphatic carbocycles. The minimum Gasteiger partial charge on any atom is -0.341 e. The molecule has 2 aromatic carbocycles. The van der Waals surface area contributed by atoms with Crippen LogP contribution in [0.5, 0.6) is 0 Å². The fourth-order valence-corrected chi connectivity index (χ4v) is 3.57. The first-order chi connectivity index (χ1) is 12.7. The van der Waals surface area contributed by atoms with E-state index in [0.717, 1.165) is 42.9 Å². The third-order valence-electron chi connectivity index (χ3n) is 4.89. The van der Waals surface area contributed by atoms with Crippen LogP contribution in [0, 0.1) is 17.1 Å². The summed E-state index contributed by atoms with van der Waals surface area (Å²) in [6.07, 6.45) is 2.04. The maximum Gasteiger partial charge on any atom is 0.206 e. The molecule has 0 bridgehead atoms. The van der Waals surface area contributed by atoms with Crippen LogP contribution in [0.3, 0.4) is 0 Å². The van der Waals surface area contributed by atoms with Gasteiger partial charge in [-0.2, -0.15) is 5.26 Å². The molecule has 7 heteroatoms. The molecule has 0 spiro atoms. The number of benzene rings is 2. The van der Waals surface area contributed by atoms with Crippen molar-refractivity contribution in [3.8, 4) is 6.07 Å². The maximum absolute atomic E-state index is 14.4. The van der Waals surface area contributed by atoms with Gasteiger partial charge in [-0.25, -0.2) is 9.37 Å². The molecule has 2 N–H and O–H groups in total.